The quantitative estimate of drug-likeness (QED) is 0.873. The van der Waals surface area contributed by atoms with Gasteiger partial charge in [-0.2, -0.15) is 0 Å². The molecule has 1 aromatic carbocycles. The Morgan fingerprint density at radius 1 is 1.29 bits per heavy atom. The van der Waals surface area contributed by atoms with E-state index in [1.54, 1.807) is 24.3 Å². The van der Waals surface area contributed by atoms with Crippen LogP contribution in [0.5, 0.6) is 0 Å². The molecule has 0 bridgehead atoms. The smallest absolute Gasteiger partial charge is 0.246 e. The van der Waals surface area contributed by atoms with Gasteiger partial charge in [-0.05, 0) is 25.0 Å². The van der Waals surface area contributed by atoms with E-state index in [-0.39, 0.29) is 17.6 Å². The fourth-order valence-electron chi connectivity index (χ4n) is 2.85. The molecule has 3 rings (SSSR count). The summed E-state index contributed by atoms with van der Waals surface area (Å²) in [5.74, 6) is 0.197. The molecule has 0 spiro atoms. The van der Waals surface area contributed by atoms with Crippen molar-refractivity contribution in [1.29, 1.82) is 0 Å². The first-order valence-corrected chi connectivity index (χ1v) is 6.99. The number of hydrogen-bond acceptors (Lipinski definition) is 2. The maximum Gasteiger partial charge on any atom is 0.351 e. The van der Waals surface area contributed by atoms with Gasteiger partial charge in [0.1, 0.15) is 0 Å². The van der Waals surface area contributed by atoms with Gasteiger partial charge in [-0.15, -0.1) is 6.58 Å². The van der Waals surface area contributed by atoms with Crippen LogP contribution in [0.25, 0.3) is 5.69 Å². The molecule has 1 N–H and O–H groups in total. The second-order valence-corrected chi connectivity index (χ2v) is 5.16. The number of nitrogens with one attached hydrogen (secondary N) is 1. The van der Waals surface area contributed by atoms with Gasteiger partial charge in [0.2, 0.25) is 0 Å². The minimum atomic E-state index is -0.407. The summed E-state index contributed by atoms with van der Waals surface area (Å²) in [4.78, 5) is 24.7. The maximum atomic E-state index is 12.6. The van der Waals surface area contributed by atoms with E-state index in [9.17, 15) is 9.59 Å². The maximum absolute atomic E-state index is 12.6. The zero-order valence-electron chi connectivity index (χ0n) is 11.6. The third-order valence-electron chi connectivity index (χ3n) is 3.86. The number of rotatable bonds is 4. The van der Waals surface area contributed by atoms with E-state index >= 15 is 0 Å². The molecule has 0 saturated carbocycles. The van der Waals surface area contributed by atoms with Crippen LogP contribution in [0.3, 0.4) is 0 Å². The van der Waals surface area contributed by atoms with Gasteiger partial charge in [0.25, 0.3) is 0 Å². The fraction of sp³-hybridized carbons (Fsp3) is 0.250. The Hall–Kier alpha value is -2.56. The second kappa shape index (κ2) is 5.44. The Balaban J connectivity index is 2.05. The van der Waals surface area contributed by atoms with Gasteiger partial charge in [-0.3, -0.25) is 0 Å². The van der Waals surface area contributed by atoms with Crippen LogP contribution in [-0.4, -0.2) is 14.3 Å². The molecule has 2 atom stereocenters. The number of para-hydroxylation sites is 1. The van der Waals surface area contributed by atoms with E-state index in [1.165, 1.54) is 9.25 Å². The van der Waals surface area contributed by atoms with Crippen LogP contribution < -0.4 is 11.4 Å². The van der Waals surface area contributed by atoms with E-state index < -0.39 is 5.69 Å². The van der Waals surface area contributed by atoms with Crippen molar-refractivity contribution < 1.29 is 0 Å². The number of aromatic amines is 1. The van der Waals surface area contributed by atoms with Crippen LogP contribution in [0.2, 0.25) is 0 Å². The molecule has 1 aliphatic rings. The molecule has 5 heteroatoms. The van der Waals surface area contributed by atoms with Gasteiger partial charge < -0.3 is 0 Å². The monoisotopic (exact) mass is 283 g/mol. The van der Waals surface area contributed by atoms with Gasteiger partial charge in [0.15, 0.2) is 0 Å². The molecule has 0 radical (unpaired) electrons. The molecule has 1 aromatic heterocycles. The highest BCUT2D eigenvalue weighted by Gasteiger charge is 2.27. The molecule has 1 aliphatic carbocycles. The molecule has 0 amide bonds. The number of aromatic nitrogens is 3. The minimum absolute atomic E-state index is 0.0480. The van der Waals surface area contributed by atoms with Gasteiger partial charge in [-0.25, -0.2) is 23.9 Å². The molecule has 21 heavy (non-hydrogen) atoms. The number of H-pyrrole nitrogens is 1. The summed E-state index contributed by atoms with van der Waals surface area (Å²) in [7, 11) is 0. The Kier molecular flexibility index (Phi) is 3.48. The van der Waals surface area contributed by atoms with Crippen LogP contribution in [-0.2, 0) is 0 Å². The van der Waals surface area contributed by atoms with Crippen molar-refractivity contribution >= 4 is 0 Å². The summed E-state index contributed by atoms with van der Waals surface area (Å²) in [6.45, 7) is 3.75. The average molecular weight is 283 g/mol. The van der Waals surface area contributed by atoms with Crippen LogP contribution in [0.1, 0.15) is 18.9 Å². The van der Waals surface area contributed by atoms with Crippen molar-refractivity contribution in [3.05, 3.63) is 76.1 Å². The van der Waals surface area contributed by atoms with E-state index in [0.717, 1.165) is 12.8 Å². The highest BCUT2D eigenvalue weighted by molar-refractivity contribution is 5.30. The first-order chi connectivity index (χ1) is 10.2. The standard InChI is InChI=1S/C16H17N3O2/c1-2-7-12-8-6-11-14(12)19-16(21)18(15(20)17-19)13-9-4-3-5-10-13/h2-6,8-10,12,14H,1,7,11H2,(H,17,20)/t12-,14-/m0/s1. The van der Waals surface area contributed by atoms with E-state index in [0.29, 0.717) is 5.69 Å². The first kappa shape index (κ1) is 13.4. The lowest BCUT2D eigenvalue weighted by Crippen LogP contribution is -2.30. The SMILES string of the molecule is C=CC[C@H]1C=CC[C@@H]1n1[nH]c(=O)n(-c2ccccc2)c1=O. The zero-order chi connectivity index (χ0) is 14.8. The van der Waals surface area contributed by atoms with Gasteiger partial charge >= 0.3 is 11.4 Å². The summed E-state index contributed by atoms with van der Waals surface area (Å²) in [5, 5.41) is 2.68. The largest absolute Gasteiger partial charge is 0.351 e. The third-order valence-corrected chi connectivity index (χ3v) is 3.86. The zero-order valence-corrected chi connectivity index (χ0v) is 11.6. The lowest BCUT2D eigenvalue weighted by molar-refractivity contribution is 0.368. The normalized spacial score (nSPS) is 20.8. The average Bonchev–Trinajstić information content (AvgIpc) is 3.05. The predicted molar refractivity (Wildman–Crippen MR) is 81.7 cm³/mol. The van der Waals surface area contributed by atoms with Crippen molar-refractivity contribution in [1.82, 2.24) is 14.3 Å². The van der Waals surface area contributed by atoms with Gasteiger partial charge in [0, 0.05) is 5.92 Å². The molecule has 0 fully saturated rings. The molecule has 2 aromatic rings. The summed E-state index contributed by atoms with van der Waals surface area (Å²) < 4.78 is 2.62. The number of benzene rings is 1. The number of nitrogens with zero attached hydrogens (tertiary/aromatic N) is 2. The Morgan fingerprint density at radius 3 is 2.76 bits per heavy atom. The van der Waals surface area contributed by atoms with Crippen LogP contribution in [0.15, 0.2) is 64.7 Å². The lowest BCUT2D eigenvalue weighted by atomic mass is 10.0. The second-order valence-electron chi connectivity index (χ2n) is 5.16. The van der Waals surface area contributed by atoms with Crippen LogP contribution in [0, 0.1) is 5.92 Å². The minimum Gasteiger partial charge on any atom is -0.246 e. The van der Waals surface area contributed by atoms with Crippen LogP contribution >= 0.6 is 0 Å². The number of hydrogen-bond donors (Lipinski definition) is 1. The van der Waals surface area contributed by atoms with Crippen molar-refractivity contribution in [3.63, 3.8) is 0 Å². The van der Waals surface area contributed by atoms with Crippen molar-refractivity contribution in [2.75, 3.05) is 0 Å². The Labute approximate surface area is 121 Å². The van der Waals surface area contributed by atoms with E-state index in [4.69, 9.17) is 0 Å². The van der Waals surface area contributed by atoms with E-state index in [1.807, 2.05) is 18.2 Å². The molecular formula is C16H17N3O2. The van der Waals surface area contributed by atoms with Crippen LogP contribution in [0.4, 0.5) is 0 Å². The molecule has 0 saturated heterocycles. The fourth-order valence-corrected chi connectivity index (χ4v) is 2.85. The topological polar surface area (TPSA) is 59.8 Å². The number of allylic oxidation sites excluding steroid dienone is 3. The third kappa shape index (κ3) is 2.31. The molecule has 108 valence electrons. The Bertz CT molecular complexity index is 780. The van der Waals surface area contributed by atoms with Gasteiger partial charge in [-0.1, -0.05) is 36.4 Å². The summed E-state index contributed by atoms with van der Waals surface area (Å²) in [6, 6.07) is 8.89. The summed E-state index contributed by atoms with van der Waals surface area (Å²) >= 11 is 0. The highest BCUT2D eigenvalue weighted by Crippen LogP contribution is 2.30. The van der Waals surface area contributed by atoms with E-state index in [2.05, 4.69) is 17.8 Å². The molecule has 1 heterocycles. The molecule has 0 unspecified atom stereocenters. The molecular weight excluding hydrogens is 266 g/mol. The summed E-state index contributed by atoms with van der Waals surface area (Å²) in [5.41, 5.74) is -0.154. The van der Waals surface area contributed by atoms with Crippen molar-refractivity contribution in [3.8, 4) is 5.69 Å². The first-order valence-electron chi connectivity index (χ1n) is 6.99. The Morgan fingerprint density at radius 2 is 2.05 bits per heavy atom. The molecule has 0 aliphatic heterocycles. The van der Waals surface area contributed by atoms with Crippen molar-refractivity contribution in [2.45, 2.75) is 18.9 Å². The molecule has 5 nitrogen and oxygen atoms in total. The van der Waals surface area contributed by atoms with Gasteiger partial charge in [0.05, 0.1) is 11.7 Å². The predicted octanol–water partition coefficient (Wildman–Crippen LogP) is 2.02. The summed E-state index contributed by atoms with van der Waals surface area (Å²) in [6.07, 6.45) is 7.49. The lowest BCUT2D eigenvalue weighted by Gasteiger charge is -2.17. The highest BCUT2D eigenvalue weighted by atomic mass is 16.2. The van der Waals surface area contributed by atoms with Crippen molar-refractivity contribution in [2.24, 2.45) is 5.92 Å².